The Bertz CT molecular complexity index is 2810. The summed E-state index contributed by atoms with van der Waals surface area (Å²) in [6.45, 7) is 0. The van der Waals surface area contributed by atoms with Crippen molar-refractivity contribution in [2.24, 2.45) is 0 Å². The molecule has 2 heterocycles. The van der Waals surface area contributed by atoms with E-state index in [1.807, 2.05) is 18.2 Å². The first kappa shape index (κ1) is 27.5. The van der Waals surface area contributed by atoms with Crippen LogP contribution < -0.4 is 4.90 Å². The van der Waals surface area contributed by atoms with Gasteiger partial charge in [0.2, 0.25) is 0 Å². The number of rotatable bonds is 5. The predicted octanol–water partition coefficient (Wildman–Crippen LogP) is 13.4. The largest absolute Gasteiger partial charge is 0.456 e. The van der Waals surface area contributed by atoms with Gasteiger partial charge in [-0.2, -0.15) is 0 Å². The minimum absolute atomic E-state index is 0.851. The molecule has 0 aliphatic rings. The zero-order valence-electron chi connectivity index (χ0n) is 26.5. The Kier molecular flexibility index (Phi) is 6.18. The third-order valence-corrected chi connectivity index (χ3v) is 9.66. The van der Waals surface area contributed by atoms with E-state index >= 15 is 0 Å². The van der Waals surface area contributed by atoms with Crippen molar-refractivity contribution in [3.63, 3.8) is 0 Å². The molecule has 0 N–H and O–H groups in total. The van der Waals surface area contributed by atoms with Crippen LogP contribution in [-0.4, -0.2) is 0 Å². The average molecular weight is 628 g/mol. The van der Waals surface area contributed by atoms with Gasteiger partial charge in [0.1, 0.15) is 16.7 Å². The molecule has 0 radical (unpaired) electrons. The van der Waals surface area contributed by atoms with E-state index in [0.29, 0.717) is 0 Å². The molecule has 3 heteroatoms. The highest BCUT2D eigenvalue weighted by Crippen LogP contribution is 2.47. The van der Waals surface area contributed by atoms with Crippen LogP contribution in [0.25, 0.3) is 76.9 Å². The molecule has 3 nitrogen and oxygen atoms in total. The topological polar surface area (TPSA) is 29.5 Å². The Morgan fingerprint density at radius 3 is 1.82 bits per heavy atom. The lowest BCUT2D eigenvalue weighted by molar-refractivity contribution is 0.669. The molecule has 10 rings (SSSR count). The first-order valence-corrected chi connectivity index (χ1v) is 16.6. The van der Waals surface area contributed by atoms with Gasteiger partial charge in [-0.3, -0.25) is 0 Å². The van der Waals surface area contributed by atoms with Crippen molar-refractivity contribution in [2.45, 2.75) is 0 Å². The summed E-state index contributed by atoms with van der Waals surface area (Å²) in [4.78, 5) is 2.35. The maximum atomic E-state index is 6.65. The number of benzene rings is 8. The first-order valence-electron chi connectivity index (χ1n) is 16.6. The molecule has 49 heavy (non-hydrogen) atoms. The van der Waals surface area contributed by atoms with Crippen molar-refractivity contribution < 1.29 is 8.83 Å². The van der Waals surface area contributed by atoms with Crippen molar-refractivity contribution in [1.29, 1.82) is 0 Å². The van der Waals surface area contributed by atoms with E-state index in [2.05, 4.69) is 163 Å². The molecule has 0 fully saturated rings. The van der Waals surface area contributed by atoms with Crippen molar-refractivity contribution in [3.05, 3.63) is 176 Å². The summed E-state index contributed by atoms with van der Waals surface area (Å²) < 4.78 is 13.3. The monoisotopic (exact) mass is 627 g/mol. The molecule has 0 unspecified atom stereocenters. The molecule has 8 aromatic carbocycles. The standard InChI is InChI=1S/C46H29NO2/c1-3-11-30(12-4-1)32-21-25-35(26-22-32)47(40-19-10-17-37-36-16-7-8-20-41(36)49-46(37)40)39-18-9-15-33-24-28-42-45(44(33)39)38-27-23-34(29-43(38)48-42)31-13-5-2-6-14-31/h1-29H. The minimum Gasteiger partial charge on any atom is -0.456 e. The Morgan fingerprint density at radius 1 is 0.347 bits per heavy atom. The van der Waals surface area contributed by atoms with Gasteiger partial charge < -0.3 is 13.7 Å². The summed E-state index contributed by atoms with van der Waals surface area (Å²) >= 11 is 0. The third-order valence-electron chi connectivity index (χ3n) is 9.66. The van der Waals surface area contributed by atoms with Crippen molar-refractivity contribution >= 4 is 71.7 Å². The van der Waals surface area contributed by atoms with Gasteiger partial charge in [0.05, 0.1) is 11.4 Å². The number of para-hydroxylation sites is 2. The zero-order valence-corrected chi connectivity index (χ0v) is 26.5. The Hall–Kier alpha value is -6.58. The van der Waals surface area contributed by atoms with Gasteiger partial charge in [-0.05, 0) is 76.2 Å². The van der Waals surface area contributed by atoms with Gasteiger partial charge in [-0.25, -0.2) is 0 Å². The fourth-order valence-electron chi connectivity index (χ4n) is 7.37. The van der Waals surface area contributed by atoms with Gasteiger partial charge >= 0.3 is 0 Å². The molecule has 0 saturated carbocycles. The van der Waals surface area contributed by atoms with E-state index < -0.39 is 0 Å². The van der Waals surface area contributed by atoms with Crippen LogP contribution in [0.2, 0.25) is 0 Å². The molecular formula is C46H29NO2. The summed E-state index contributed by atoms with van der Waals surface area (Å²) in [5.41, 5.74) is 11.2. The molecule has 0 bridgehead atoms. The third kappa shape index (κ3) is 4.44. The minimum atomic E-state index is 0.851. The van der Waals surface area contributed by atoms with Gasteiger partial charge in [0.15, 0.2) is 5.58 Å². The van der Waals surface area contributed by atoms with Gasteiger partial charge in [-0.1, -0.05) is 127 Å². The molecule has 10 aromatic rings. The number of anilines is 3. The van der Waals surface area contributed by atoms with Crippen molar-refractivity contribution in [3.8, 4) is 22.3 Å². The van der Waals surface area contributed by atoms with E-state index in [0.717, 1.165) is 77.3 Å². The maximum absolute atomic E-state index is 6.65. The molecule has 0 aliphatic carbocycles. The van der Waals surface area contributed by atoms with Crippen LogP contribution in [-0.2, 0) is 0 Å². The smallest absolute Gasteiger partial charge is 0.159 e. The van der Waals surface area contributed by atoms with Crippen LogP contribution in [0.5, 0.6) is 0 Å². The van der Waals surface area contributed by atoms with Crippen molar-refractivity contribution in [2.75, 3.05) is 4.90 Å². The SMILES string of the molecule is c1ccc(-c2ccc(N(c3cccc4c3oc3ccccc34)c3cccc4ccc5oc6cc(-c7ccccc7)ccc6c5c34)cc2)cc1. The molecule has 0 spiro atoms. The lowest BCUT2D eigenvalue weighted by Crippen LogP contribution is -2.11. The molecule has 0 saturated heterocycles. The van der Waals surface area contributed by atoms with Crippen LogP contribution >= 0.6 is 0 Å². The summed E-state index contributed by atoms with van der Waals surface area (Å²) in [5.74, 6) is 0. The predicted molar refractivity (Wildman–Crippen MR) is 204 cm³/mol. The molecule has 2 aromatic heterocycles. The van der Waals surface area contributed by atoms with Crippen LogP contribution in [0.3, 0.4) is 0 Å². The number of fused-ring (bicyclic) bond motifs is 8. The highest BCUT2D eigenvalue weighted by Gasteiger charge is 2.23. The highest BCUT2D eigenvalue weighted by molar-refractivity contribution is 6.24. The lowest BCUT2D eigenvalue weighted by Gasteiger charge is -2.27. The van der Waals surface area contributed by atoms with E-state index in [1.54, 1.807) is 0 Å². The normalized spacial score (nSPS) is 11.7. The Labute approximate surface area is 282 Å². The molecule has 230 valence electrons. The highest BCUT2D eigenvalue weighted by atomic mass is 16.3. The molecule has 0 aliphatic heterocycles. The van der Waals surface area contributed by atoms with E-state index in [-0.39, 0.29) is 0 Å². The second-order valence-electron chi connectivity index (χ2n) is 12.5. The van der Waals surface area contributed by atoms with Gasteiger partial charge in [0.25, 0.3) is 0 Å². The first-order chi connectivity index (χ1) is 24.3. The Balaban J connectivity index is 1.25. The molecule has 0 atom stereocenters. The fraction of sp³-hybridized carbons (Fsp3) is 0. The molecular weight excluding hydrogens is 599 g/mol. The Morgan fingerprint density at radius 2 is 1.00 bits per heavy atom. The average Bonchev–Trinajstić information content (AvgIpc) is 3.75. The van der Waals surface area contributed by atoms with Crippen LogP contribution in [0, 0.1) is 0 Å². The van der Waals surface area contributed by atoms with E-state index in [9.17, 15) is 0 Å². The van der Waals surface area contributed by atoms with Crippen molar-refractivity contribution in [1.82, 2.24) is 0 Å². The lowest BCUT2D eigenvalue weighted by atomic mass is 9.98. The maximum Gasteiger partial charge on any atom is 0.159 e. The van der Waals surface area contributed by atoms with Crippen LogP contribution in [0.1, 0.15) is 0 Å². The summed E-state index contributed by atoms with van der Waals surface area (Å²) in [7, 11) is 0. The summed E-state index contributed by atoms with van der Waals surface area (Å²) in [6, 6.07) is 61.9. The summed E-state index contributed by atoms with van der Waals surface area (Å²) in [5, 5.41) is 6.66. The quantitative estimate of drug-likeness (QED) is 0.190. The van der Waals surface area contributed by atoms with Crippen LogP contribution in [0.15, 0.2) is 185 Å². The number of hydrogen-bond donors (Lipinski definition) is 0. The van der Waals surface area contributed by atoms with Crippen LogP contribution in [0.4, 0.5) is 17.1 Å². The number of nitrogens with zero attached hydrogens (tertiary/aromatic N) is 1. The van der Waals surface area contributed by atoms with Gasteiger partial charge in [-0.15, -0.1) is 0 Å². The van der Waals surface area contributed by atoms with Gasteiger partial charge in [0, 0.05) is 32.6 Å². The number of hydrogen-bond acceptors (Lipinski definition) is 3. The van der Waals surface area contributed by atoms with E-state index in [4.69, 9.17) is 8.83 Å². The second-order valence-corrected chi connectivity index (χ2v) is 12.5. The second kappa shape index (κ2) is 11.0. The molecule has 0 amide bonds. The fourth-order valence-corrected chi connectivity index (χ4v) is 7.37. The summed E-state index contributed by atoms with van der Waals surface area (Å²) in [6.07, 6.45) is 0. The van der Waals surface area contributed by atoms with E-state index in [1.165, 1.54) is 16.7 Å². The number of furan rings is 2. The zero-order chi connectivity index (χ0) is 32.3.